The largest absolute Gasteiger partial charge is 0.416 e. The molecule has 2 aromatic heterocycles. The summed E-state index contributed by atoms with van der Waals surface area (Å²) in [4.78, 5) is 30.3. The summed E-state index contributed by atoms with van der Waals surface area (Å²) in [7, 11) is -3.52. The number of anilines is 3. The second kappa shape index (κ2) is 10.9. The lowest BCUT2D eigenvalue weighted by molar-refractivity contribution is -0.138. The molecule has 1 aromatic carbocycles. The van der Waals surface area contributed by atoms with Gasteiger partial charge in [0.15, 0.2) is 0 Å². The molecule has 10 nitrogen and oxygen atoms in total. The number of pyridine rings is 1. The molecule has 3 aromatic rings. The number of nitrogens with zero attached hydrogens (tertiary/aromatic N) is 5. The summed E-state index contributed by atoms with van der Waals surface area (Å²) in [6.45, 7) is 5.23. The number of carbonyl (C=O) groups is 1. The number of fused-ring (bicyclic) bond motifs is 1. The molecule has 5 rings (SSSR count). The highest BCUT2D eigenvalue weighted by Gasteiger charge is 2.35. The van der Waals surface area contributed by atoms with E-state index >= 15 is 0 Å². The molecule has 41 heavy (non-hydrogen) atoms. The fraction of sp³-hybridized carbons (Fsp3) is 0.407. The molecule has 2 N–H and O–H groups in total. The van der Waals surface area contributed by atoms with Crippen LogP contribution in [0, 0.1) is 6.92 Å². The maximum atomic E-state index is 13.2. The zero-order chi connectivity index (χ0) is 29.5. The zero-order valence-electron chi connectivity index (χ0n) is 22.7. The Bertz CT molecular complexity index is 1580. The van der Waals surface area contributed by atoms with Crippen LogP contribution in [-0.2, 0) is 29.3 Å². The van der Waals surface area contributed by atoms with Crippen LogP contribution in [0.25, 0.3) is 0 Å². The summed E-state index contributed by atoms with van der Waals surface area (Å²) < 4.78 is 64.6. The van der Waals surface area contributed by atoms with Gasteiger partial charge in [-0.3, -0.25) is 14.4 Å². The minimum absolute atomic E-state index is 0.0457. The number of hydrogen-bond acceptors (Lipinski definition) is 8. The van der Waals surface area contributed by atoms with Crippen LogP contribution in [0.1, 0.15) is 52.5 Å². The van der Waals surface area contributed by atoms with E-state index in [0.717, 1.165) is 36.4 Å². The summed E-state index contributed by atoms with van der Waals surface area (Å²) in [6.07, 6.45) is 1.28. The number of piperidine rings is 1. The van der Waals surface area contributed by atoms with E-state index in [9.17, 15) is 26.4 Å². The van der Waals surface area contributed by atoms with Crippen molar-refractivity contribution in [1.82, 2.24) is 24.8 Å². The van der Waals surface area contributed by atoms with Gasteiger partial charge in [0.05, 0.1) is 17.5 Å². The predicted molar refractivity (Wildman–Crippen MR) is 147 cm³/mol. The van der Waals surface area contributed by atoms with Gasteiger partial charge in [0.2, 0.25) is 16.0 Å². The summed E-state index contributed by atoms with van der Waals surface area (Å²) >= 11 is 0. The van der Waals surface area contributed by atoms with Crippen LogP contribution >= 0.6 is 0 Å². The summed E-state index contributed by atoms with van der Waals surface area (Å²) in [5.74, 6) is 0.236. The zero-order valence-corrected chi connectivity index (χ0v) is 23.6. The lowest BCUT2D eigenvalue weighted by Gasteiger charge is -2.41. The van der Waals surface area contributed by atoms with Crippen molar-refractivity contribution in [2.45, 2.75) is 58.0 Å². The van der Waals surface area contributed by atoms with Crippen molar-refractivity contribution >= 4 is 33.4 Å². The third-order valence-corrected chi connectivity index (χ3v) is 7.97. The number of benzene rings is 1. The highest BCUT2D eigenvalue weighted by Crippen LogP contribution is 2.34. The molecule has 1 saturated heterocycles. The maximum absolute atomic E-state index is 13.2. The number of rotatable bonds is 6. The number of aromatic nitrogens is 3. The molecular weight excluding hydrogens is 559 g/mol. The van der Waals surface area contributed by atoms with E-state index in [1.807, 2.05) is 6.92 Å². The van der Waals surface area contributed by atoms with Crippen LogP contribution in [0.5, 0.6) is 0 Å². The number of hydrogen-bond donors (Lipinski definition) is 2. The van der Waals surface area contributed by atoms with Crippen LogP contribution in [-0.4, -0.2) is 64.0 Å². The summed E-state index contributed by atoms with van der Waals surface area (Å²) in [5.41, 5.74) is 2.13. The van der Waals surface area contributed by atoms with Crippen molar-refractivity contribution in [3.8, 4) is 0 Å². The van der Waals surface area contributed by atoms with Gasteiger partial charge < -0.3 is 10.2 Å². The van der Waals surface area contributed by atoms with Crippen molar-refractivity contribution in [3.05, 3.63) is 70.7 Å². The lowest BCUT2D eigenvalue weighted by atomic mass is 9.96. The molecule has 2 aliphatic rings. The molecule has 218 valence electrons. The molecule has 0 unspecified atom stereocenters. The molecule has 0 radical (unpaired) electrons. The van der Waals surface area contributed by atoms with Gasteiger partial charge in [-0.15, -0.1) is 0 Å². The van der Waals surface area contributed by atoms with E-state index in [4.69, 9.17) is 0 Å². The Morgan fingerprint density at radius 2 is 1.90 bits per heavy atom. The van der Waals surface area contributed by atoms with E-state index in [-0.39, 0.29) is 29.4 Å². The van der Waals surface area contributed by atoms with Gasteiger partial charge in [-0.05, 0) is 62.6 Å². The van der Waals surface area contributed by atoms with Gasteiger partial charge in [-0.25, -0.2) is 23.4 Å². The SMILES string of the molecule is Cc1cc(Nc2ncc3c(n2)CN([C@H]2CCN(C(=O)c4ccnc(NS(C)(=O)=O)c4)[C@H](C)C2)C3)ccc1C(F)(F)F. The second-order valence-electron chi connectivity index (χ2n) is 10.6. The van der Waals surface area contributed by atoms with Crippen LogP contribution < -0.4 is 10.0 Å². The van der Waals surface area contributed by atoms with Crippen molar-refractivity contribution in [3.63, 3.8) is 0 Å². The Morgan fingerprint density at radius 3 is 2.59 bits per heavy atom. The fourth-order valence-corrected chi connectivity index (χ4v) is 5.93. The Hall–Kier alpha value is -3.78. The first kappa shape index (κ1) is 28.7. The lowest BCUT2D eigenvalue weighted by Crippen LogP contribution is -2.50. The third kappa shape index (κ3) is 6.59. The smallest absolute Gasteiger partial charge is 0.336 e. The normalized spacial score (nSPS) is 19.6. The molecule has 1 fully saturated rings. The monoisotopic (exact) mass is 589 g/mol. The Morgan fingerprint density at radius 1 is 1.12 bits per heavy atom. The first-order valence-corrected chi connectivity index (χ1v) is 14.9. The molecule has 0 aliphatic carbocycles. The quantitative estimate of drug-likeness (QED) is 0.436. The average molecular weight is 590 g/mol. The van der Waals surface area contributed by atoms with Crippen LogP contribution in [0.4, 0.5) is 30.6 Å². The molecule has 1 amide bonds. The highest BCUT2D eigenvalue weighted by atomic mass is 32.2. The van der Waals surface area contributed by atoms with Gasteiger partial charge in [-0.2, -0.15) is 13.2 Å². The molecule has 0 spiro atoms. The van der Waals surface area contributed by atoms with E-state index < -0.39 is 21.8 Å². The number of alkyl halides is 3. The minimum atomic E-state index is -4.41. The van der Waals surface area contributed by atoms with Crippen LogP contribution in [0.15, 0.2) is 42.7 Å². The maximum Gasteiger partial charge on any atom is 0.416 e. The standard InChI is InChI=1S/C27H30F3N7O3S/c1-16-10-20(4-5-22(16)27(28,29)30)33-26-32-13-19-14-36(15-23(19)34-26)21-7-9-37(17(2)11-21)25(38)18-6-8-31-24(12-18)35-41(3,39)40/h4-6,8,10,12-13,17,21H,7,9,11,14-15H2,1-3H3,(H,31,35)(H,32,33,34)/t17-,21+/m1/s1. The molecule has 0 bridgehead atoms. The summed E-state index contributed by atoms with van der Waals surface area (Å²) in [5, 5.41) is 3.01. The number of halogens is 3. The number of nitrogens with one attached hydrogen (secondary N) is 2. The molecule has 2 aliphatic heterocycles. The molecule has 2 atom stereocenters. The molecule has 4 heterocycles. The fourth-order valence-electron chi connectivity index (χ4n) is 5.44. The first-order valence-electron chi connectivity index (χ1n) is 13.1. The number of amides is 1. The average Bonchev–Trinajstić information content (AvgIpc) is 3.30. The van der Waals surface area contributed by atoms with E-state index in [0.29, 0.717) is 36.8 Å². The topological polar surface area (TPSA) is 120 Å². The Labute approximate surface area is 236 Å². The van der Waals surface area contributed by atoms with Gasteiger partial charge in [0.1, 0.15) is 5.82 Å². The highest BCUT2D eigenvalue weighted by molar-refractivity contribution is 7.92. The number of sulfonamides is 1. The Balaban J connectivity index is 1.20. The minimum Gasteiger partial charge on any atom is -0.336 e. The van der Waals surface area contributed by atoms with Crippen molar-refractivity contribution in [2.75, 3.05) is 22.8 Å². The van der Waals surface area contributed by atoms with E-state index in [2.05, 4.69) is 29.9 Å². The van der Waals surface area contributed by atoms with Crippen molar-refractivity contribution in [1.29, 1.82) is 0 Å². The molecule has 0 saturated carbocycles. The second-order valence-corrected chi connectivity index (χ2v) is 12.3. The molecule has 14 heteroatoms. The summed E-state index contributed by atoms with van der Waals surface area (Å²) in [6, 6.07) is 7.03. The number of carbonyl (C=O) groups excluding carboxylic acids is 1. The van der Waals surface area contributed by atoms with Crippen molar-refractivity contribution < 1.29 is 26.4 Å². The van der Waals surface area contributed by atoms with Gasteiger partial charge in [-0.1, -0.05) is 0 Å². The van der Waals surface area contributed by atoms with E-state index in [1.54, 1.807) is 17.2 Å². The predicted octanol–water partition coefficient (Wildman–Crippen LogP) is 4.32. The van der Waals surface area contributed by atoms with Gasteiger partial charge >= 0.3 is 6.18 Å². The van der Waals surface area contributed by atoms with Crippen LogP contribution in [0.3, 0.4) is 0 Å². The van der Waals surface area contributed by atoms with E-state index in [1.165, 1.54) is 31.3 Å². The number of aryl methyl sites for hydroxylation is 1. The third-order valence-electron chi connectivity index (χ3n) is 7.39. The Kier molecular flexibility index (Phi) is 7.64. The van der Waals surface area contributed by atoms with Crippen molar-refractivity contribution in [2.24, 2.45) is 0 Å². The first-order chi connectivity index (χ1) is 19.3. The van der Waals surface area contributed by atoms with Crippen LogP contribution in [0.2, 0.25) is 0 Å². The van der Waals surface area contributed by atoms with Gasteiger partial charge in [0, 0.05) is 60.9 Å². The number of likely N-dealkylation sites (tertiary alicyclic amines) is 1. The van der Waals surface area contributed by atoms with Gasteiger partial charge in [0.25, 0.3) is 5.91 Å². The molecular formula is C27H30F3N7O3S.